The Hall–Kier alpha value is -1.10. The van der Waals surface area contributed by atoms with Crippen LogP contribution in [0.2, 0.25) is 0 Å². The quantitative estimate of drug-likeness (QED) is 0.536. The normalized spacial score (nSPS) is 13.2. The highest BCUT2D eigenvalue weighted by molar-refractivity contribution is 5.71. The summed E-state index contributed by atoms with van der Waals surface area (Å²) in [7, 11) is 0. The Bertz CT molecular complexity index is 216. The Morgan fingerprint density at radius 2 is 1.86 bits per heavy atom. The minimum absolute atomic E-state index is 0.140. The number of rotatable bonds is 4. The Kier molecular flexibility index (Phi) is 4.56. The molecule has 0 bridgehead atoms. The Balaban J connectivity index is 3.89. The maximum atomic E-state index is 11.1. The molecule has 0 aliphatic heterocycles. The van der Waals surface area contributed by atoms with E-state index in [0.717, 1.165) is 0 Å². The molecule has 5 nitrogen and oxygen atoms in total. The Labute approximate surface area is 83.0 Å². The van der Waals surface area contributed by atoms with Crippen LogP contribution in [0.4, 0.5) is 0 Å². The minimum atomic E-state index is -1.12. The summed E-state index contributed by atoms with van der Waals surface area (Å²) in [6.07, 6.45) is -1.05. The number of carbonyl (C=O) groups excluding carboxylic acids is 2. The van der Waals surface area contributed by atoms with Crippen molar-refractivity contribution in [2.24, 2.45) is 0 Å². The van der Waals surface area contributed by atoms with Gasteiger partial charge in [0.05, 0.1) is 12.0 Å². The Morgan fingerprint density at radius 1 is 1.36 bits per heavy atom. The molecule has 1 N–H and O–H groups in total. The zero-order valence-corrected chi connectivity index (χ0v) is 8.86. The molecular weight excluding hydrogens is 188 g/mol. The van der Waals surface area contributed by atoms with E-state index in [-0.39, 0.29) is 6.42 Å². The van der Waals surface area contributed by atoms with Crippen LogP contribution < -0.4 is 0 Å². The van der Waals surface area contributed by atoms with Crippen LogP contribution in [0.5, 0.6) is 0 Å². The highest BCUT2D eigenvalue weighted by Gasteiger charge is 2.21. The van der Waals surface area contributed by atoms with Gasteiger partial charge < -0.3 is 14.6 Å². The van der Waals surface area contributed by atoms with E-state index in [9.17, 15) is 14.7 Å². The average molecular weight is 204 g/mol. The molecule has 0 aromatic heterocycles. The molecule has 0 rings (SSSR count). The molecule has 0 spiro atoms. The fourth-order valence-electron chi connectivity index (χ4n) is 0.838. The zero-order chi connectivity index (χ0) is 11.4. The molecule has 0 fully saturated rings. The SMILES string of the molecule is CC(=O)OC(C)OC(=O)CC(C)(C)O. The van der Waals surface area contributed by atoms with Gasteiger partial charge in [0.25, 0.3) is 0 Å². The van der Waals surface area contributed by atoms with Crippen molar-refractivity contribution in [1.29, 1.82) is 0 Å². The van der Waals surface area contributed by atoms with Gasteiger partial charge in [-0.15, -0.1) is 0 Å². The first-order valence-electron chi connectivity index (χ1n) is 4.30. The number of carbonyl (C=O) groups is 2. The maximum absolute atomic E-state index is 11.1. The summed E-state index contributed by atoms with van der Waals surface area (Å²) in [4.78, 5) is 21.5. The number of esters is 2. The maximum Gasteiger partial charge on any atom is 0.311 e. The van der Waals surface area contributed by atoms with Crippen molar-refractivity contribution in [2.75, 3.05) is 0 Å². The van der Waals surface area contributed by atoms with Crippen molar-refractivity contribution in [1.82, 2.24) is 0 Å². The van der Waals surface area contributed by atoms with E-state index in [1.807, 2.05) is 0 Å². The second-order valence-corrected chi connectivity index (χ2v) is 3.66. The van der Waals surface area contributed by atoms with Crippen LogP contribution in [0.25, 0.3) is 0 Å². The van der Waals surface area contributed by atoms with Gasteiger partial charge in [-0.2, -0.15) is 0 Å². The molecule has 1 unspecified atom stereocenters. The van der Waals surface area contributed by atoms with Crippen LogP contribution in [-0.2, 0) is 19.1 Å². The summed E-state index contributed by atoms with van der Waals surface area (Å²) in [5, 5.41) is 9.27. The summed E-state index contributed by atoms with van der Waals surface area (Å²) in [6, 6.07) is 0. The molecule has 0 radical (unpaired) electrons. The summed E-state index contributed by atoms with van der Waals surface area (Å²) in [5.41, 5.74) is -1.12. The fraction of sp³-hybridized carbons (Fsp3) is 0.778. The second kappa shape index (κ2) is 4.95. The van der Waals surface area contributed by atoms with Crippen LogP contribution in [0.3, 0.4) is 0 Å². The first kappa shape index (κ1) is 12.9. The van der Waals surface area contributed by atoms with Gasteiger partial charge in [-0.1, -0.05) is 0 Å². The predicted molar refractivity (Wildman–Crippen MR) is 48.2 cm³/mol. The molecule has 14 heavy (non-hydrogen) atoms. The lowest BCUT2D eigenvalue weighted by Crippen LogP contribution is -2.28. The van der Waals surface area contributed by atoms with Gasteiger partial charge in [0.1, 0.15) is 0 Å². The lowest BCUT2D eigenvalue weighted by atomic mass is 10.1. The van der Waals surface area contributed by atoms with Gasteiger partial charge in [0.15, 0.2) is 0 Å². The topological polar surface area (TPSA) is 72.8 Å². The van der Waals surface area contributed by atoms with Crippen molar-refractivity contribution in [3.8, 4) is 0 Å². The first-order valence-corrected chi connectivity index (χ1v) is 4.30. The van der Waals surface area contributed by atoms with Crippen molar-refractivity contribution in [2.45, 2.75) is 46.0 Å². The third-order valence-electron chi connectivity index (χ3n) is 1.21. The predicted octanol–water partition coefficient (Wildman–Crippen LogP) is 0.600. The van der Waals surface area contributed by atoms with E-state index in [4.69, 9.17) is 4.74 Å². The lowest BCUT2D eigenvalue weighted by Gasteiger charge is -2.18. The highest BCUT2D eigenvalue weighted by Crippen LogP contribution is 2.09. The second-order valence-electron chi connectivity index (χ2n) is 3.66. The van der Waals surface area contributed by atoms with Gasteiger partial charge in [0, 0.05) is 13.8 Å². The monoisotopic (exact) mass is 204 g/mol. The minimum Gasteiger partial charge on any atom is -0.426 e. The number of ether oxygens (including phenoxy) is 2. The van der Waals surface area contributed by atoms with Crippen LogP contribution in [0.1, 0.15) is 34.1 Å². The van der Waals surface area contributed by atoms with Gasteiger partial charge in [0.2, 0.25) is 6.29 Å². The number of hydrogen-bond donors (Lipinski definition) is 1. The highest BCUT2D eigenvalue weighted by atomic mass is 16.7. The average Bonchev–Trinajstić information content (AvgIpc) is 1.77. The third kappa shape index (κ3) is 7.54. The summed E-state index contributed by atoms with van der Waals surface area (Å²) in [6.45, 7) is 5.64. The van der Waals surface area contributed by atoms with Gasteiger partial charge in [-0.05, 0) is 13.8 Å². The molecule has 0 saturated heterocycles. The Morgan fingerprint density at radius 3 is 2.21 bits per heavy atom. The first-order chi connectivity index (χ1) is 6.20. The number of aliphatic hydroxyl groups is 1. The van der Waals surface area contributed by atoms with Crippen molar-refractivity contribution < 1.29 is 24.2 Å². The molecule has 0 aromatic carbocycles. The van der Waals surface area contributed by atoms with Crippen LogP contribution >= 0.6 is 0 Å². The van der Waals surface area contributed by atoms with E-state index in [2.05, 4.69) is 4.74 Å². The molecule has 0 amide bonds. The largest absolute Gasteiger partial charge is 0.426 e. The fourth-order valence-corrected chi connectivity index (χ4v) is 0.838. The smallest absolute Gasteiger partial charge is 0.311 e. The molecule has 82 valence electrons. The molecule has 0 aromatic rings. The van der Waals surface area contributed by atoms with E-state index in [1.165, 1.54) is 27.7 Å². The van der Waals surface area contributed by atoms with E-state index < -0.39 is 23.8 Å². The summed E-state index contributed by atoms with van der Waals surface area (Å²) < 4.78 is 9.27. The van der Waals surface area contributed by atoms with Crippen LogP contribution in [0, 0.1) is 0 Å². The lowest BCUT2D eigenvalue weighted by molar-refractivity contribution is -0.185. The van der Waals surface area contributed by atoms with E-state index in [0.29, 0.717) is 0 Å². The third-order valence-corrected chi connectivity index (χ3v) is 1.21. The molecular formula is C9H16O5. The zero-order valence-electron chi connectivity index (χ0n) is 8.86. The molecule has 0 aliphatic carbocycles. The van der Waals surface area contributed by atoms with Crippen molar-refractivity contribution in [3.05, 3.63) is 0 Å². The van der Waals surface area contributed by atoms with Crippen LogP contribution in [-0.4, -0.2) is 28.9 Å². The number of hydrogen-bond acceptors (Lipinski definition) is 5. The summed E-state index contributed by atoms with van der Waals surface area (Å²) >= 11 is 0. The summed E-state index contributed by atoms with van der Waals surface area (Å²) in [5.74, 6) is -1.13. The molecule has 1 atom stereocenters. The van der Waals surface area contributed by atoms with E-state index in [1.54, 1.807) is 0 Å². The van der Waals surface area contributed by atoms with Gasteiger partial charge >= 0.3 is 11.9 Å². The van der Waals surface area contributed by atoms with Crippen molar-refractivity contribution >= 4 is 11.9 Å². The van der Waals surface area contributed by atoms with Crippen LogP contribution in [0.15, 0.2) is 0 Å². The molecule has 0 aliphatic rings. The van der Waals surface area contributed by atoms with Gasteiger partial charge in [-0.3, -0.25) is 9.59 Å². The van der Waals surface area contributed by atoms with Gasteiger partial charge in [-0.25, -0.2) is 0 Å². The molecule has 0 saturated carbocycles. The molecule has 0 heterocycles. The van der Waals surface area contributed by atoms with Crippen molar-refractivity contribution in [3.63, 3.8) is 0 Å². The standard InChI is InChI=1S/C9H16O5/c1-6(10)13-7(2)14-8(11)5-9(3,4)12/h7,12H,5H2,1-4H3. The molecule has 5 heteroatoms. The van der Waals surface area contributed by atoms with E-state index >= 15 is 0 Å².